The van der Waals surface area contributed by atoms with Gasteiger partial charge in [0.15, 0.2) is 5.44 Å². The second-order valence-corrected chi connectivity index (χ2v) is 6.65. The minimum absolute atomic E-state index is 0.0309. The molecule has 134 valence electrons. The minimum Gasteiger partial charge on any atom is -0.475 e. The highest BCUT2D eigenvalue weighted by molar-refractivity contribution is 7.99. The minimum atomic E-state index is -1.37. The molecule has 25 heavy (non-hydrogen) atoms. The quantitative estimate of drug-likeness (QED) is 0.760. The molecule has 3 N–H and O–H groups in total. The maximum absolute atomic E-state index is 13.9. The Labute approximate surface area is 145 Å². The van der Waals surface area contributed by atoms with Crippen LogP contribution in [0.4, 0.5) is 13.2 Å². The first kappa shape index (κ1) is 18.0. The van der Waals surface area contributed by atoms with Gasteiger partial charge in [-0.1, -0.05) is 0 Å². The van der Waals surface area contributed by atoms with Gasteiger partial charge in [0.2, 0.25) is 0 Å². The molecular formula is C16H14F3NO4S. The number of aliphatic hydroxyl groups excluding tert-OH is 3. The van der Waals surface area contributed by atoms with Crippen LogP contribution in [-0.2, 0) is 0 Å². The molecule has 0 amide bonds. The van der Waals surface area contributed by atoms with Crippen molar-refractivity contribution in [3.05, 3.63) is 48.0 Å². The van der Waals surface area contributed by atoms with Crippen molar-refractivity contribution in [2.75, 3.05) is 5.75 Å². The SMILES string of the molecule is O[C@@H]1[C@@H](O)[C@H](Oc2cncc(-c3c(F)cc(F)cc3F)c2)SC[C@H]1O. The Balaban J connectivity index is 1.86. The fourth-order valence-electron chi connectivity index (χ4n) is 2.46. The summed E-state index contributed by atoms with van der Waals surface area (Å²) in [6, 6.07) is 2.41. The molecule has 5 nitrogen and oxygen atoms in total. The number of rotatable bonds is 3. The van der Waals surface area contributed by atoms with Crippen molar-refractivity contribution in [1.29, 1.82) is 0 Å². The second kappa shape index (κ2) is 7.20. The van der Waals surface area contributed by atoms with E-state index < -0.39 is 46.8 Å². The number of halogens is 3. The molecule has 1 aromatic heterocycles. The first-order valence-electron chi connectivity index (χ1n) is 7.29. The molecule has 0 aliphatic carbocycles. The van der Waals surface area contributed by atoms with Gasteiger partial charge in [-0.05, 0) is 6.07 Å². The summed E-state index contributed by atoms with van der Waals surface area (Å²) in [6.45, 7) is 0. The van der Waals surface area contributed by atoms with Crippen LogP contribution >= 0.6 is 11.8 Å². The summed E-state index contributed by atoms with van der Waals surface area (Å²) in [6.07, 6.45) is -1.33. The van der Waals surface area contributed by atoms with Crippen LogP contribution in [0.25, 0.3) is 11.1 Å². The third-order valence-electron chi connectivity index (χ3n) is 3.72. The molecule has 1 fully saturated rings. The number of hydrogen-bond acceptors (Lipinski definition) is 6. The smallest absolute Gasteiger partial charge is 0.173 e. The van der Waals surface area contributed by atoms with Crippen LogP contribution in [0.3, 0.4) is 0 Å². The molecule has 0 bridgehead atoms. The van der Waals surface area contributed by atoms with E-state index in [9.17, 15) is 28.5 Å². The zero-order chi connectivity index (χ0) is 18.1. The summed E-state index contributed by atoms with van der Waals surface area (Å²) in [5.41, 5.74) is -1.31. The fourth-order valence-corrected chi connectivity index (χ4v) is 3.58. The number of benzene rings is 1. The highest BCUT2D eigenvalue weighted by Crippen LogP contribution is 2.32. The number of aliphatic hydroxyl groups is 3. The standard InChI is InChI=1S/C16H14F3NO4S/c17-8-2-10(18)13(11(19)3-8)7-1-9(5-20-4-7)24-16-15(23)14(22)12(21)6-25-16/h1-5,12,14-16,21-23H,6H2/t12-,14+,15-,16-/m1/s1. The van der Waals surface area contributed by atoms with Crippen LogP contribution in [0.2, 0.25) is 0 Å². The summed E-state index contributed by atoms with van der Waals surface area (Å²) in [7, 11) is 0. The van der Waals surface area contributed by atoms with E-state index in [1.165, 1.54) is 18.5 Å². The summed E-state index contributed by atoms with van der Waals surface area (Å²) in [5, 5.41) is 29.1. The lowest BCUT2D eigenvalue weighted by Gasteiger charge is -2.34. The Morgan fingerprint density at radius 1 is 1.00 bits per heavy atom. The zero-order valence-corrected chi connectivity index (χ0v) is 13.5. The van der Waals surface area contributed by atoms with Gasteiger partial charge in [0.25, 0.3) is 0 Å². The molecule has 1 saturated heterocycles. The van der Waals surface area contributed by atoms with Gasteiger partial charge in [0, 0.05) is 29.6 Å². The molecule has 0 saturated carbocycles. The Bertz CT molecular complexity index is 756. The highest BCUT2D eigenvalue weighted by atomic mass is 32.2. The van der Waals surface area contributed by atoms with Crippen LogP contribution in [0.5, 0.6) is 5.75 Å². The van der Waals surface area contributed by atoms with Crippen molar-refractivity contribution >= 4 is 11.8 Å². The van der Waals surface area contributed by atoms with Crippen LogP contribution in [0.1, 0.15) is 0 Å². The monoisotopic (exact) mass is 373 g/mol. The molecule has 0 unspecified atom stereocenters. The van der Waals surface area contributed by atoms with Gasteiger partial charge >= 0.3 is 0 Å². The van der Waals surface area contributed by atoms with Crippen molar-refractivity contribution in [3.63, 3.8) is 0 Å². The lowest BCUT2D eigenvalue weighted by Crippen LogP contribution is -2.50. The van der Waals surface area contributed by atoms with Crippen molar-refractivity contribution in [3.8, 4) is 16.9 Å². The fraction of sp³-hybridized carbons (Fsp3) is 0.312. The van der Waals surface area contributed by atoms with Crippen LogP contribution in [0.15, 0.2) is 30.6 Å². The Hall–Kier alpha value is -1.81. The van der Waals surface area contributed by atoms with Gasteiger partial charge in [-0.2, -0.15) is 0 Å². The molecule has 1 aliphatic rings. The number of ether oxygens (including phenoxy) is 1. The van der Waals surface area contributed by atoms with Crippen LogP contribution < -0.4 is 4.74 Å². The zero-order valence-electron chi connectivity index (χ0n) is 12.6. The number of pyridine rings is 1. The molecule has 1 aliphatic heterocycles. The molecule has 1 aromatic carbocycles. The van der Waals surface area contributed by atoms with E-state index in [-0.39, 0.29) is 17.1 Å². The van der Waals surface area contributed by atoms with E-state index >= 15 is 0 Å². The van der Waals surface area contributed by atoms with E-state index in [0.717, 1.165) is 11.8 Å². The third-order valence-corrected chi connectivity index (χ3v) is 4.95. The average molecular weight is 373 g/mol. The topological polar surface area (TPSA) is 82.8 Å². The van der Waals surface area contributed by atoms with Gasteiger partial charge in [-0.15, -0.1) is 11.8 Å². The van der Waals surface area contributed by atoms with E-state index in [1.54, 1.807) is 0 Å². The second-order valence-electron chi connectivity index (χ2n) is 5.52. The van der Waals surface area contributed by atoms with Crippen molar-refractivity contribution in [2.45, 2.75) is 23.7 Å². The maximum Gasteiger partial charge on any atom is 0.173 e. The summed E-state index contributed by atoms with van der Waals surface area (Å²) in [4.78, 5) is 3.84. The number of nitrogens with zero attached hydrogens (tertiary/aromatic N) is 1. The first-order chi connectivity index (χ1) is 11.9. The summed E-state index contributed by atoms with van der Waals surface area (Å²) >= 11 is 1.08. The lowest BCUT2D eigenvalue weighted by atomic mass is 10.1. The van der Waals surface area contributed by atoms with E-state index in [2.05, 4.69) is 4.98 Å². The average Bonchev–Trinajstić information content (AvgIpc) is 2.55. The molecule has 0 radical (unpaired) electrons. The van der Waals surface area contributed by atoms with Crippen molar-refractivity contribution in [1.82, 2.24) is 4.98 Å². The molecule has 9 heteroatoms. The van der Waals surface area contributed by atoms with Crippen LogP contribution in [0, 0.1) is 17.5 Å². The number of thioether (sulfide) groups is 1. The molecule has 2 heterocycles. The number of aromatic nitrogens is 1. The molecule has 3 rings (SSSR count). The molecule has 2 aromatic rings. The summed E-state index contributed by atoms with van der Waals surface area (Å²) < 4.78 is 46.3. The number of hydrogen-bond donors (Lipinski definition) is 3. The Morgan fingerprint density at radius 3 is 2.36 bits per heavy atom. The Morgan fingerprint density at radius 2 is 1.68 bits per heavy atom. The van der Waals surface area contributed by atoms with Gasteiger partial charge in [-0.3, -0.25) is 4.98 Å². The highest BCUT2D eigenvalue weighted by Gasteiger charge is 2.38. The maximum atomic E-state index is 13.9. The Kier molecular flexibility index (Phi) is 5.19. The van der Waals surface area contributed by atoms with Gasteiger partial charge in [-0.25, -0.2) is 13.2 Å². The van der Waals surface area contributed by atoms with E-state index in [0.29, 0.717) is 12.1 Å². The van der Waals surface area contributed by atoms with E-state index in [1.807, 2.05) is 0 Å². The first-order valence-corrected chi connectivity index (χ1v) is 8.34. The lowest BCUT2D eigenvalue weighted by molar-refractivity contribution is -0.0786. The largest absolute Gasteiger partial charge is 0.475 e. The summed E-state index contributed by atoms with van der Waals surface area (Å²) in [5.74, 6) is -2.95. The normalized spacial score (nSPS) is 26.5. The van der Waals surface area contributed by atoms with Crippen LogP contribution in [-0.4, -0.2) is 49.8 Å². The molecular weight excluding hydrogens is 359 g/mol. The predicted octanol–water partition coefficient (Wildman–Crippen LogP) is 1.70. The van der Waals surface area contributed by atoms with Gasteiger partial charge in [0.1, 0.15) is 35.4 Å². The van der Waals surface area contributed by atoms with Gasteiger partial charge in [0.05, 0.1) is 17.9 Å². The van der Waals surface area contributed by atoms with Crippen molar-refractivity contribution in [2.24, 2.45) is 0 Å². The predicted molar refractivity (Wildman–Crippen MR) is 84.4 cm³/mol. The van der Waals surface area contributed by atoms with E-state index in [4.69, 9.17) is 4.74 Å². The van der Waals surface area contributed by atoms with Gasteiger partial charge < -0.3 is 20.1 Å². The third kappa shape index (κ3) is 3.74. The molecule has 0 spiro atoms. The van der Waals surface area contributed by atoms with Crippen molar-refractivity contribution < 1.29 is 33.2 Å². The molecule has 4 atom stereocenters.